The monoisotopic (exact) mass is 348 g/mol. The highest BCUT2D eigenvalue weighted by atomic mass is 32.1. The van der Waals surface area contributed by atoms with Gasteiger partial charge in [0.25, 0.3) is 0 Å². The molecule has 0 radical (unpaired) electrons. The number of nitrogens with zero attached hydrogens (tertiary/aromatic N) is 2. The van der Waals surface area contributed by atoms with Gasteiger partial charge in [-0.05, 0) is 43.3 Å². The third-order valence-electron chi connectivity index (χ3n) is 4.05. The smallest absolute Gasteiger partial charge is 0.186 e. The Bertz CT molecular complexity index is 538. The van der Waals surface area contributed by atoms with Gasteiger partial charge in [-0.2, -0.15) is 5.10 Å². The summed E-state index contributed by atoms with van der Waals surface area (Å²) in [5.74, 6) is 0. The van der Waals surface area contributed by atoms with Crippen LogP contribution in [0.25, 0.3) is 0 Å². The van der Waals surface area contributed by atoms with Gasteiger partial charge >= 0.3 is 0 Å². The highest BCUT2D eigenvalue weighted by Gasteiger charge is 2.11. The largest absolute Gasteiger partial charge is 0.378 e. The van der Waals surface area contributed by atoms with Gasteiger partial charge in [0.15, 0.2) is 5.11 Å². The molecule has 0 unspecified atom stereocenters. The van der Waals surface area contributed by atoms with Crippen molar-refractivity contribution in [1.82, 2.24) is 10.7 Å². The molecule has 0 atom stereocenters. The zero-order valence-electron chi connectivity index (χ0n) is 14.7. The lowest BCUT2D eigenvalue weighted by Gasteiger charge is -2.28. The van der Waals surface area contributed by atoms with E-state index in [1.165, 1.54) is 18.5 Å². The fraction of sp³-hybridized carbons (Fsp3) is 0.556. The highest BCUT2D eigenvalue weighted by molar-refractivity contribution is 7.80. The Labute approximate surface area is 150 Å². The van der Waals surface area contributed by atoms with Crippen molar-refractivity contribution in [3.63, 3.8) is 0 Å². The van der Waals surface area contributed by atoms with E-state index in [0.29, 0.717) is 5.11 Å². The summed E-state index contributed by atoms with van der Waals surface area (Å²) in [5.41, 5.74) is 6.16. The Morgan fingerprint density at radius 1 is 1.21 bits per heavy atom. The molecular formula is C18H28N4OS. The molecule has 6 heteroatoms. The molecule has 1 heterocycles. The number of hydrogen-bond donors (Lipinski definition) is 2. The van der Waals surface area contributed by atoms with Crippen molar-refractivity contribution in [3.05, 3.63) is 29.8 Å². The topological polar surface area (TPSA) is 48.9 Å². The van der Waals surface area contributed by atoms with E-state index in [0.717, 1.165) is 50.5 Å². The Morgan fingerprint density at radius 2 is 1.92 bits per heavy atom. The molecular weight excluding hydrogens is 320 g/mol. The van der Waals surface area contributed by atoms with Crippen molar-refractivity contribution in [3.8, 4) is 0 Å². The fourth-order valence-corrected chi connectivity index (χ4v) is 2.70. The number of ether oxygens (including phenoxy) is 1. The van der Waals surface area contributed by atoms with Crippen LogP contribution in [0.5, 0.6) is 0 Å². The minimum absolute atomic E-state index is 0.579. The van der Waals surface area contributed by atoms with Crippen LogP contribution >= 0.6 is 12.2 Å². The number of anilines is 1. The van der Waals surface area contributed by atoms with E-state index in [9.17, 15) is 0 Å². The average Bonchev–Trinajstić information content (AvgIpc) is 2.64. The van der Waals surface area contributed by atoms with Gasteiger partial charge < -0.3 is 15.0 Å². The maximum atomic E-state index is 5.39. The molecule has 5 nitrogen and oxygen atoms in total. The molecule has 0 amide bonds. The maximum absolute atomic E-state index is 5.39. The number of hydrazone groups is 1. The second-order valence-electron chi connectivity index (χ2n) is 5.92. The van der Waals surface area contributed by atoms with Crippen LogP contribution in [-0.2, 0) is 4.74 Å². The zero-order valence-corrected chi connectivity index (χ0v) is 15.5. The molecule has 2 rings (SSSR count). The van der Waals surface area contributed by atoms with E-state index in [1.54, 1.807) is 0 Å². The number of benzene rings is 1. The standard InChI is InChI=1S/C18H28N4OS/c1-3-4-5-10-19-18(24)21-20-15(2)16-6-8-17(9-7-16)22-11-13-23-14-12-22/h6-9H,3-5,10-14H2,1-2H3,(H2,19,21,24)/b20-15-. The molecule has 1 fully saturated rings. The first-order valence-corrected chi connectivity index (χ1v) is 9.13. The first-order chi connectivity index (χ1) is 11.7. The summed E-state index contributed by atoms with van der Waals surface area (Å²) in [4.78, 5) is 2.34. The summed E-state index contributed by atoms with van der Waals surface area (Å²) < 4.78 is 5.39. The average molecular weight is 349 g/mol. The van der Waals surface area contributed by atoms with Gasteiger partial charge in [0.05, 0.1) is 18.9 Å². The van der Waals surface area contributed by atoms with Crippen LogP contribution in [0.2, 0.25) is 0 Å². The number of nitrogens with one attached hydrogen (secondary N) is 2. The lowest BCUT2D eigenvalue weighted by atomic mass is 10.1. The SMILES string of the molecule is CCCCCNC(=S)N/N=C(/C)c1ccc(N2CCOCC2)cc1. The summed E-state index contributed by atoms with van der Waals surface area (Å²) >= 11 is 5.23. The maximum Gasteiger partial charge on any atom is 0.186 e. The van der Waals surface area contributed by atoms with Crippen LogP contribution in [0.1, 0.15) is 38.7 Å². The van der Waals surface area contributed by atoms with E-state index in [2.05, 4.69) is 51.9 Å². The minimum Gasteiger partial charge on any atom is -0.378 e. The molecule has 0 aliphatic carbocycles. The number of unbranched alkanes of at least 4 members (excludes halogenated alkanes) is 2. The van der Waals surface area contributed by atoms with Crippen LogP contribution in [0.4, 0.5) is 5.69 Å². The van der Waals surface area contributed by atoms with Crippen molar-refractivity contribution >= 4 is 28.7 Å². The molecule has 0 spiro atoms. The quantitative estimate of drug-likeness (QED) is 0.343. The summed E-state index contributed by atoms with van der Waals surface area (Å²) in [7, 11) is 0. The molecule has 1 saturated heterocycles. The van der Waals surface area contributed by atoms with Crippen LogP contribution in [0.3, 0.4) is 0 Å². The van der Waals surface area contributed by atoms with Gasteiger partial charge in [-0.25, -0.2) is 0 Å². The van der Waals surface area contributed by atoms with Crippen LogP contribution in [0, 0.1) is 0 Å². The van der Waals surface area contributed by atoms with E-state index < -0.39 is 0 Å². The van der Waals surface area contributed by atoms with Gasteiger partial charge in [-0.15, -0.1) is 0 Å². The van der Waals surface area contributed by atoms with E-state index >= 15 is 0 Å². The molecule has 2 N–H and O–H groups in total. The van der Waals surface area contributed by atoms with Gasteiger partial charge in [0.1, 0.15) is 0 Å². The van der Waals surface area contributed by atoms with Crippen molar-refractivity contribution in [2.75, 3.05) is 37.7 Å². The van der Waals surface area contributed by atoms with Gasteiger partial charge in [0, 0.05) is 25.3 Å². The van der Waals surface area contributed by atoms with E-state index in [1.807, 2.05) is 6.92 Å². The number of hydrogen-bond acceptors (Lipinski definition) is 4. The van der Waals surface area contributed by atoms with E-state index in [4.69, 9.17) is 17.0 Å². The number of thiocarbonyl (C=S) groups is 1. The summed E-state index contributed by atoms with van der Waals surface area (Å²) in [6.07, 6.45) is 3.55. The Balaban J connectivity index is 1.82. The first kappa shape index (κ1) is 18.7. The molecule has 1 aliphatic heterocycles. The van der Waals surface area contributed by atoms with Crippen molar-refractivity contribution in [2.24, 2.45) is 5.10 Å². The zero-order chi connectivity index (χ0) is 17.2. The Morgan fingerprint density at radius 3 is 2.58 bits per heavy atom. The van der Waals surface area contributed by atoms with E-state index in [-0.39, 0.29) is 0 Å². The molecule has 0 bridgehead atoms. The Hall–Kier alpha value is -1.66. The number of morpholine rings is 1. The van der Waals surface area contributed by atoms with Crippen LogP contribution in [0.15, 0.2) is 29.4 Å². The lowest BCUT2D eigenvalue weighted by molar-refractivity contribution is 0.122. The minimum atomic E-state index is 0.579. The fourth-order valence-electron chi connectivity index (χ4n) is 2.55. The van der Waals surface area contributed by atoms with Crippen molar-refractivity contribution in [2.45, 2.75) is 33.1 Å². The summed E-state index contributed by atoms with van der Waals surface area (Å²) in [6.45, 7) is 8.56. The van der Waals surface area contributed by atoms with Crippen LogP contribution < -0.4 is 15.6 Å². The highest BCUT2D eigenvalue weighted by Crippen LogP contribution is 2.17. The second-order valence-corrected chi connectivity index (χ2v) is 6.33. The van der Waals surface area contributed by atoms with Crippen molar-refractivity contribution in [1.29, 1.82) is 0 Å². The lowest BCUT2D eigenvalue weighted by Crippen LogP contribution is -2.36. The predicted octanol–water partition coefficient (Wildman–Crippen LogP) is 2.90. The molecule has 1 aromatic rings. The van der Waals surface area contributed by atoms with Gasteiger partial charge in [-0.1, -0.05) is 31.9 Å². The number of rotatable bonds is 7. The molecule has 24 heavy (non-hydrogen) atoms. The van der Waals surface area contributed by atoms with Gasteiger partial charge in [-0.3, -0.25) is 5.43 Å². The first-order valence-electron chi connectivity index (χ1n) is 8.72. The summed E-state index contributed by atoms with van der Waals surface area (Å²) in [6, 6.07) is 8.48. The van der Waals surface area contributed by atoms with Crippen molar-refractivity contribution < 1.29 is 4.74 Å². The van der Waals surface area contributed by atoms with Crippen LogP contribution in [-0.4, -0.2) is 43.7 Å². The third kappa shape index (κ3) is 6.09. The molecule has 132 valence electrons. The second kappa shape index (κ2) is 10.3. The normalized spacial score (nSPS) is 15.2. The van der Waals surface area contributed by atoms with Gasteiger partial charge in [0.2, 0.25) is 0 Å². The molecule has 0 aromatic heterocycles. The summed E-state index contributed by atoms with van der Waals surface area (Å²) in [5, 5.41) is 8.11. The third-order valence-corrected chi connectivity index (χ3v) is 4.29. The predicted molar refractivity (Wildman–Crippen MR) is 105 cm³/mol. The molecule has 1 aromatic carbocycles. The Kier molecular flexibility index (Phi) is 7.98. The molecule has 0 saturated carbocycles. The molecule has 1 aliphatic rings.